The molecule has 2 fully saturated rings. The summed E-state index contributed by atoms with van der Waals surface area (Å²) in [5, 5.41) is 5.84. The Morgan fingerprint density at radius 1 is 1.00 bits per heavy atom. The number of ether oxygens (including phenoxy) is 1. The third-order valence-corrected chi connectivity index (χ3v) is 7.26. The maximum Gasteiger partial charge on any atom is 0.308 e. The molecular weight excluding hydrogens is 450 g/mol. The van der Waals surface area contributed by atoms with E-state index in [9.17, 15) is 14.4 Å². The number of rotatable bonds is 14. The molecule has 0 aromatic rings. The van der Waals surface area contributed by atoms with Gasteiger partial charge in [-0.2, -0.15) is 0 Å². The number of thiocarbonyl (C=S) groups is 1. The van der Waals surface area contributed by atoms with Crippen molar-refractivity contribution < 1.29 is 19.1 Å². The molecule has 1 saturated heterocycles. The van der Waals surface area contributed by atoms with E-state index in [1.165, 1.54) is 57.8 Å². The highest BCUT2D eigenvalue weighted by Gasteiger charge is 2.34. The third-order valence-electron chi connectivity index (χ3n) is 6.92. The molecule has 0 aromatic heterocycles. The van der Waals surface area contributed by atoms with Crippen LogP contribution in [0.4, 0.5) is 0 Å². The molecule has 2 rings (SSSR count). The third kappa shape index (κ3) is 10.7. The summed E-state index contributed by atoms with van der Waals surface area (Å²) in [6.07, 6.45) is 17.2. The van der Waals surface area contributed by atoms with Crippen molar-refractivity contribution in [3.05, 3.63) is 0 Å². The molecule has 2 aliphatic rings. The van der Waals surface area contributed by atoms with E-state index < -0.39 is 12.0 Å². The Balaban J connectivity index is 1.65. The molecule has 2 amide bonds. The van der Waals surface area contributed by atoms with Crippen molar-refractivity contribution in [2.24, 2.45) is 5.92 Å². The van der Waals surface area contributed by atoms with Crippen LogP contribution in [-0.2, 0) is 19.1 Å². The van der Waals surface area contributed by atoms with E-state index in [0.717, 1.165) is 38.5 Å². The maximum absolute atomic E-state index is 12.6. The first-order valence-corrected chi connectivity index (χ1v) is 14.0. The molecule has 7 nitrogen and oxygen atoms in total. The summed E-state index contributed by atoms with van der Waals surface area (Å²) in [7, 11) is 0. The first-order valence-electron chi connectivity index (χ1n) is 13.6. The Kier molecular flexibility index (Phi) is 14.1. The van der Waals surface area contributed by atoms with Gasteiger partial charge in [0.25, 0.3) is 0 Å². The SMILES string of the molecule is CCCCCCCCCCCCOC(=O)CC1C(=O)NCCN1C(=S)NC(=O)C1CCCCC1. The number of carbonyl (C=O) groups is 3. The lowest BCUT2D eigenvalue weighted by atomic mass is 9.89. The van der Waals surface area contributed by atoms with Gasteiger partial charge in [-0.05, 0) is 31.5 Å². The predicted molar refractivity (Wildman–Crippen MR) is 138 cm³/mol. The minimum absolute atomic E-state index is 0.0187. The molecular formula is C26H45N3O4S. The number of unbranched alkanes of at least 4 members (excludes halogenated alkanes) is 9. The Bertz CT molecular complexity index is 652. The van der Waals surface area contributed by atoms with Gasteiger partial charge in [-0.25, -0.2) is 0 Å². The zero-order valence-electron chi connectivity index (χ0n) is 21.1. The molecule has 0 spiro atoms. The largest absolute Gasteiger partial charge is 0.466 e. The van der Waals surface area contributed by atoms with Gasteiger partial charge in [0.1, 0.15) is 6.04 Å². The highest BCUT2D eigenvalue weighted by molar-refractivity contribution is 7.80. The Labute approximate surface area is 211 Å². The average molecular weight is 496 g/mol. The summed E-state index contributed by atoms with van der Waals surface area (Å²) in [6.45, 7) is 3.51. The molecule has 1 aliphatic heterocycles. The second-order valence-corrected chi connectivity index (χ2v) is 10.1. The zero-order chi connectivity index (χ0) is 24.6. The van der Waals surface area contributed by atoms with E-state index in [4.69, 9.17) is 17.0 Å². The van der Waals surface area contributed by atoms with Crippen molar-refractivity contribution in [3.63, 3.8) is 0 Å². The molecule has 1 heterocycles. The van der Waals surface area contributed by atoms with Gasteiger partial charge in [-0.15, -0.1) is 0 Å². The quantitative estimate of drug-likeness (QED) is 0.208. The number of amides is 2. The molecule has 1 unspecified atom stereocenters. The molecule has 1 atom stereocenters. The van der Waals surface area contributed by atoms with Gasteiger partial charge >= 0.3 is 5.97 Å². The molecule has 34 heavy (non-hydrogen) atoms. The lowest BCUT2D eigenvalue weighted by molar-refractivity contribution is -0.147. The fraction of sp³-hybridized carbons (Fsp3) is 0.846. The van der Waals surface area contributed by atoms with Crippen molar-refractivity contribution in [2.75, 3.05) is 19.7 Å². The average Bonchev–Trinajstić information content (AvgIpc) is 2.84. The van der Waals surface area contributed by atoms with Crippen LogP contribution < -0.4 is 10.6 Å². The summed E-state index contributed by atoms with van der Waals surface area (Å²) >= 11 is 5.45. The number of hydrogen-bond donors (Lipinski definition) is 2. The molecule has 8 heteroatoms. The first kappa shape index (κ1) is 28.5. The van der Waals surface area contributed by atoms with Crippen LogP contribution in [0, 0.1) is 5.92 Å². The number of carbonyl (C=O) groups excluding carboxylic acids is 3. The minimum Gasteiger partial charge on any atom is -0.466 e. The van der Waals surface area contributed by atoms with Gasteiger partial charge in [-0.1, -0.05) is 84.0 Å². The fourth-order valence-electron chi connectivity index (χ4n) is 4.80. The van der Waals surface area contributed by atoms with Gasteiger partial charge in [0.15, 0.2) is 5.11 Å². The maximum atomic E-state index is 12.6. The Morgan fingerprint density at radius 3 is 2.26 bits per heavy atom. The number of hydrogen-bond acceptors (Lipinski definition) is 5. The topological polar surface area (TPSA) is 87.7 Å². The molecule has 1 aliphatic carbocycles. The van der Waals surface area contributed by atoms with Crippen LogP contribution in [0.3, 0.4) is 0 Å². The summed E-state index contributed by atoms with van der Waals surface area (Å²) in [6, 6.07) is -0.742. The van der Waals surface area contributed by atoms with Crippen LogP contribution in [0.5, 0.6) is 0 Å². The molecule has 1 saturated carbocycles. The summed E-state index contributed by atoms with van der Waals surface area (Å²) in [5.41, 5.74) is 0. The normalized spacial score (nSPS) is 18.9. The Hall–Kier alpha value is -1.70. The second kappa shape index (κ2) is 16.8. The zero-order valence-corrected chi connectivity index (χ0v) is 21.9. The van der Waals surface area contributed by atoms with Crippen LogP contribution in [0.15, 0.2) is 0 Å². The number of nitrogens with one attached hydrogen (secondary N) is 2. The number of nitrogens with zero attached hydrogens (tertiary/aromatic N) is 1. The molecule has 2 N–H and O–H groups in total. The molecule has 0 radical (unpaired) electrons. The van der Waals surface area contributed by atoms with Gasteiger partial charge in [0.2, 0.25) is 11.8 Å². The monoisotopic (exact) mass is 495 g/mol. The highest BCUT2D eigenvalue weighted by Crippen LogP contribution is 2.24. The Morgan fingerprint density at radius 2 is 1.62 bits per heavy atom. The van der Waals surface area contributed by atoms with Crippen LogP contribution in [0.25, 0.3) is 0 Å². The number of piperazine rings is 1. The van der Waals surface area contributed by atoms with Crippen LogP contribution in [0.1, 0.15) is 110 Å². The van der Waals surface area contributed by atoms with Crippen LogP contribution >= 0.6 is 12.2 Å². The van der Waals surface area contributed by atoms with E-state index in [-0.39, 0.29) is 29.3 Å². The second-order valence-electron chi connectivity index (χ2n) is 9.74. The van der Waals surface area contributed by atoms with Gasteiger partial charge in [-0.3, -0.25) is 14.4 Å². The standard InChI is InChI=1S/C26H45N3O4S/c1-2-3-4-5-6-7-8-9-10-14-19-33-23(30)20-22-25(32)27-17-18-29(22)26(34)28-24(31)21-15-12-11-13-16-21/h21-22H,2-20H2,1H3,(H,27,32)(H,28,31,34). The molecule has 0 bridgehead atoms. The van der Waals surface area contributed by atoms with Crippen molar-refractivity contribution in [3.8, 4) is 0 Å². The van der Waals surface area contributed by atoms with E-state index >= 15 is 0 Å². The van der Waals surface area contributed by atoms with E-state index in [2.05, 4.69) is 17.6 Å². The van der Waals surface area contributed by atoms with Crippen LogP contribution in [0.2, 0.25) is 0 Å². The summed E-state index contributed by atoms with van der Waals surface area (Å²) in [5.74, 6) is -0.742. The van der Waals surface area contributed by atoms with Crippen molar-refractivity contribution in [1.82, 2.24) is 15.5 Å². The van der Waals surface area contributed by atoms with Gasteiger partial charge in [0, 0.05) is 19.0 Å². The summed E-state index contributed by atoms with van der Waals surface area (Å²) in [4.78, 5) is 39.1. The van der Waals surface area contributed by atoms with Crippen molar-refractivity contribution in [2.45, 2.75) is 116 Å². The smallest absolute Gasteiger partial charge is 0.308 e. The number of esters is 1. The predicted octanol–water partition coefficient (Wildman–Crippen LogP) is 4.62. The van der Waals surface area contributed by atoms with Crippen molar-refractivity contribution >= 4 is 35.1 Å². The lowest BCUT2D eigenvalue weighted by Gasteiger charge is -2.36. The van der Waals surface area contributed by atoms with E-state index in [0.29, 0.717) is 19.7 Å². The highest BCUT2D eigenvalue weighted by atomic mass is 32.1. The molecule has 0 aromatic carbocycles. The first-order chi connectivity index (χ1) is 16.5. The van der Waals surface area contributed by atoms with Gasteiger partial charge in [0.05, 0.1) is 13.0 Å². The van der Waals surface area contributed by atoms with E-state index in [1.807, 2.05) is 0 Å². The van der Waals surface area contributed by atoms with Gasteiger partial charge < -0.3 is 20.3 Å². The minimum atomic E-state index is -0.742. The fourth-order valence-corrected chi connectivity index (χ4v) is 5.12. The molecule has 194 valence electrons. The lowest BCUT2D eigenvalue weighted by Crippen LogP contribution is -2.60. The summed E-state index contributed by atoms with van der Waals surface area (Å²) < 4.78 is 5.39. The van der Waals surface area contributed by atoms with E-state index in [1.54, 1.807) is 4.90 Å². The van der Waals surface area contributed by atoms with Crippen molar-refractivity contribution in [1.29, 1.82) is 0 Å². The van der Waals surface area contributed by atoms with Crippen LogP contribution in [-0.4, -0.2) is 53.5 Å².